The van der Waals surface area contributed by atoms with E-state index in [-0.39, 0.29) is 12.1 Å². The van der Waals surface area contributed by atoms with Crippen LogP contribution in [0.25, 0.3) is 0 Å². The van der Waals surface area contributed by atoms with Crippen molar-refractivity contribution in [2.75, 3.05) is 33.3 Å². The topological polar surface area (TPSA) is 48.7 Å². The summed E-state index contributed by atoms with van der Waals surface area (Å²) in [6.07, 6.45) is 1.10. The highest BCUT2D eigenvalue weighted by atomic mass is 16.5. The predicted octanol–water partition coefficient (Wildman–Crippen LogP) is 3.46. The molecule has 2 rings (SSSR count). The van der Waals surface area contributed by atoms with E-state index in [1.165, 1.54) is 0 Å². The molecule has 0 bridgehead atoms. The second-order valence-electron chi connectivity index (χ2n) is 6.80. The highest BCUT2D eigenvalue weighted by Gasteiger charge is 2.31. The van der Waals surface area contributed by atoms with Gasteiger partial charge >= 0.3 is 0 Å². The van der Waals surface area contributed by atoms with Crippen molar-refractivity contribution in [3.63, 3.8) is 0 Å². The number of nitrogens with zero attached hydrogens (tertiary/aromatic N) is 3. The Hall–Kier alpha value is -1.77. The molecule has 1 aliphatic rings. The summed E-state index contributed by atoms with van der Waals surface area (Å²) < 4.78 is 11.3. The molecule has 1 aliphatic heterocycles. The second kappa shape index (κ2) is 9.07. The maximum atomic E-state index is 9.89. The van der Waals surface area contributed by atoms with Gasteiger partial charge in [-0.1, -0.05) is 19.9 Å². The first-order valence-corrected chi connectivity index (χ1v) is 9.26. The van der Waals surface area contributed by atoms with Gasteiger partial charge in [0.25, 0.3) is 0 Å². The molecule has 5 heteroatoms. The number of likely N-dealkylation sites (N-methyl/N-ethyl adjacent to an activating group) is 1. The maximum absolute atomic E-state index is 9.89. The van der Waals surface area contributed by atoms with E-state index in [9.17, 15) is 5.26 Å². The molecule has 2 unspecified atom stereocenters. The summed E-state index contributed by atoms with van der Waals surface area (Å²) in [5, 5.41) is 9.89. The normalized spacial score (nSPS) is 20.3. The van der Waals surface area contributed by atoms with Crippen LogP contribution < -0.4 is 9.47 Å². The van der Waals surface area contributed by atoms with Gasteiger partial charge in [0.1, 0.15) is 6.04 Å². The van der Waals surface area contributed by atoms with Crippen LogP contribution in [0.5, 0.6) is 11.5 Å². The number of ether oxygens (including phenoxy) is 2. The van der Waals surface area contributed by atoms with Crippen molar-refractivity contribution >= 4 is 0 Å². The number of piperazine rings is 1. The fraction of sp³-hybridized carbons (Fsp3) is 0.650. The van der Waals surface area contributed by atoms with Crippen molar-refractivity contribution in [1.29, 1.82) is 5.26 Å². The van der Waals surface area contributed by atoms with Crippen molar-refractivity contribution in [3.05, 3.63) is 23.8 Å². The molecule has 1 aromatic carbocycles. The van der Waals surface area contributed by atoms with Crippen LogP contribution in [0.3, 0.4) is 0 Å². The monoisotopic (exact) mass is 345 g/mol. The van der Waals surface area contributed by atoms with Gasteiger partial charge in [-0.15, -0.1) is 0 Å². The predicted molar refractivity (Wildman–Crippen MR) is 100 cm³/mol. The van der Waals surface area contributed by atoms with E-state index in [2.05, 4.69) is 29.7 Å². The van der Waals surface area contributed by atoms with Gasteiger partial charge in [-0.2, -0.15) is 5.26 Å². The Balaban J connectivity index is 2.29. The molecule has 1 fully saturated rings. The standard InChI is InChI=1S/C20H31N3O2/c1-6-17-14-22(7-2)10-11-23(17)18(13-21)16-8-9-19(24-5)20(12-16)25-15(3)4/h8-9,12,15,17-18H,6-7,10-11,14H2,1-5H3. The van der Waals surface area contributed by atoms with Gasteiger partial charge in [0.05, 0.1) is 19.3 Å². The number of hydrogen-bond donors (Lipinski definition) is 0. The van der Waals surface area contributed by atoms with Crippen molar-refractivity contribution < 1.29 is 9.47 Å². The van der Waals surface area contributed by atoms with Crippen molar-refractivity contribution in [2.45, 2.75) is 52.3 Å². The van der Waals surface area contributed by atoms with Crippen LogP contribution in [0.2, 0.25) is 0 Å². The Morgan fingerprint density at radius 3 is 2.56 bits per heavy atom. The Morgan fingerprint density at radius 1 is 1.24 bits per heavy atom. The molecular formula is C20H31N3O2. The fourth-order valence-corrected chi connectivity index (χ4v) is 3.47. The zero-order valence-corrected chi connectivity index (χ0v) is 16.2. The minimum absolute atomic E-state index is 0.0566. The first-order chi connectivity index (χ1) is 12.0. The van der Waals surface area contributed by atoms with E-state index in [1.54, 1.807) is 7.11 Å². The molecule has 0 N–H and O–H groups in total. The summed E-state index contributed by atoms with van der Waals surface area (Å²) in [6, 6.07) is 8.50. The third-order valence-electron chi connectivity index (χ3n) is 4.85. The van der Waals surface area contributed by atoms with E-state index in [0.717, 1.165) is 38.2 Å². The molecule has 25 heavy (non-hydrogen) atoms. The molecule has 1 heterocycles. The van der Waals surface area contributed by atoms with Gasteiger partial charge in [0.15, 0.2) is 11.5 Å². The lowest BCUT2D eigenvalue weighted by atomic mass is 10.0. The molecule has 0 amide bonds. The number of methoxy groups -OCH3 is 1. The van der Waals surface area contributed by atoms with Crippen LogP contribution in [0.15, 0.2) is 18.2 Å². The zero-order chi connectivity index (χ0) is 18.4. The highest BCUT2D eigenvalue weighted by molar-refractivity contribution is 5.45. The van der Waals surface area contributed by atoms with E-state index >= 15 is 0 Å². The van der Waals surface area contributed by atoms with Crippen molar-refractivity contribution in [1.82, 2.24) is 9.80 Å². The highest BCUT2D eigenvalue weighted by Crippen LogP contribution is 2.34. The Labute approximate surface area is 152 Å². The summed E-state index contributed by atoms with van der Waals surface area (Å²) in [5.74, 6) is 1.41. The fourth-order valence-electron chi connectivity index (χ4n) is 3.47. The van der Waals surface area contributed by atoms with Crippen molar-refractivity contribution in [2.24, 2.45) is 0 Å². The summed E-state index contributed by atoms with van der Waals surface area (Å²) in [4.78, 5) is 4.80. The van der Waals surface area contributed by atoms with Crippen LogP contribution in [0, 0.1) is 11.3 Å². The van der Waals surface area contributed by atoms with E-state index in [4.69, 9.17) is 9.47 Å². The summed E-state index contributed by atoms with van der Waals surface area (Å²) in [5.41, 5.74) is 0.974. The number of nitriles is 1. The average molecular weight is 345 g/mol. The Kier molecular flexibility index (Phi) is 7.10. The Bertz CT molecular complexity index is 597. The van der Waals surface area contributed by atoms with Gasteiger partial charge in [-0.05, 0) is 44.5 Å². The molecule has 0 spiro atoms. The molecule has 0 aliphatic carbocycles. The molecule has 1 saturated heterocycles. The molecular weight excluding hydrogens is 314 g/mol. The average Bonchev–Trinajstić information content (AvgIpc) is 2.62. The molecule has 1 aromatic rings. The van der Waals surface area contributed by atoms with Gasteiger partial charge in [0.2, 0.25) is 0 Å². The largest absolute Gasteiger partial charge is 0.493 e. The maximum Gasteiger partial charge on any atom is 0.161 e. The zero-order valence-electron chi connectivity index (χ0n) is 16.2. The number of hydrogen-bond acceptors (Lipinski definition) is 5. The SMILES string of the molecule is CCC1CN(CC)CCN1C(C#N)c1ccc(OC)c(OC(C)C)c1. The molecule has 2 atom stereocenters. The summed E-state index contributed by atoms with van der Waals surface area (Å²) >= 11 is 0. The van der Waals surface area contributed by atoms with Crippen LogP contribution in [-0.4, -0.2) is 55.2 Å². The summed E-state index contributed by atoms with van der Waals surface area (Å²) in [7, 11) is 1.64. The quantitative estimate of drug-likeness (QED) is 0.757. The number of benzene rings is 1. The van der Waals surface area contributed by atoms with Crippen LogP contribution in [-0.2, 0) is 0 Å². The molecule has 5 nitrogen and oxygen atoms in total. The number of rotatable bonds is 7. The Morgan fingerprint density at radius 2 is 2.00 bits per heavy atom. The lowest BCUT2D eigenvalue weighted by Crippen LogP contribution is -2.53. The molecule has 0 saturated carbocycles. The van der Waals surface area contributed by atoms with E-state index in [0.29, 0.717) is 17.5 Å². The minimum atomic E-state index is -0.260. The van der Waals surface area contributed by atoms with Gasteiger partial charge in [-0.25, -0.2) is 0 Å². The van der Waals surface area contributed by atoms with Gasteiger partial charge in [-0.3, -0.25) is 4.90 Å². The van der Waals surface area contributed by atoms with Gasteiger partial charge < -0.3 is 14.4 Å². The van der Waals surface area contributed by atoms with Crippen molar-refractivity contribution in [3.8, 4) is 17.6 Å². The lowest BCUT2D eigenvalue weighted by Gasteiger charge is -2.43. The second-order valence-corrected chi connectivity index (χ2v) is 6.80. The van der Waals surface area contributed by atoms with Gasteiger partial charge in [0, 0.05) is 25.7 Å². The van der Waals surface area contributed by atoms with Crippen LogP contribution in [0.4, 0.5) is 0 Å². The van der Waals surface area contributed by atoms with Crippen LogP contribution in [0.1, 0.15) is 45.7 Å². The van der Waals surface area contributed by atoms with E-state index in [1.807, 2.05) is 32.0 Å². The van der Waals surface area contributed by atoms with Crippen LogP contribution >= 0.6 is 0 Å². The third-order valence-corrected chi connectivity index (χ3v) is 4.85. The molecule has 138 valence electrons. The minimum Gasteiger partial charge on any atom is -0.493 e. The first-order valence-electron chi connectivity index (χ1n) is 9.26. The smallest absolute Gasteiger partial charge is 0.161 e. The molecule has 0 radical (unpaired) electrons. The first kappa shape index (κ1) is 19.6. The third kappa shape index (κ3) is 4.65. The van der Waals surface area contributed by atoms with E-state index < -0.39 is 0 Å². The lowest BCUT2D eigenvalue weighted by molar-refractivity contribution is 0.0568. The summed E-state index contributed by atoms with van der Waals surface area (Å²) in [6.45, 7) is 12.4. The molecule has 0 aromatic heterocycles.